The van der Waals surface area contributed by atoms with Crippen LogP contribution in [-0.4, -0.2) is 211 Å². The second-order valence-electron chi connectivity index (χ2n) is 23.9. The molecular weight excluding hydrogens is 1270 g/mol. The molecule has 3 aliphatic heterocycles. The molecule has 10 aromatic rings. The van der Waals surface area contributed by atoms with Gasteiger partial charge in [0.05, 0.1) is 93.4 Å². The normalized spacial score (nSPS) is 15.1. The lowest BCUT2D eigenvalue weighted by molar-refractivity contribution is -0.140. The van der Waals surface area contributed by atoms with E-state index in [0.717, 1.165) is 122 Å². The van der Waals surface area contributed by atoms with Gasteiger partial charge in [-0.1, -0.05) is 12.1 Å². The standard InChI is InChI=1S/C29H35N7O4S.C23H27N5O5S.C13H18N6O2/c1-18-9-19-11-24(41-28(19)23(10-18)40-3)26-21(15-39-2)22(36-27(26)29(30)31-16-32-36)13-33-7-8-35(25(38)14-33)17-34-6-4-5-20(37)12-34;1-13-6-14-8-18(34-22(14)17(7-13)33-3)20-15(11-32-2)16(9-27(5-4-24)10-19(29)30)28-21(20)23(31)25-12-26-28;1-21-7-9-4-10-13(14)16-8-17-19(10)11(9)5-18-3-2-15-12(20)6-18/h9-11,16H,4-8,12-15,17H2,1-3H3,(H2,30,31,32);6-8,12H,4-5,9-11,24H2,1-3H3,(H,29,30)(H,25,26,31);4,8H,2-3,5-7H2,1H3,(H,15,20)(H2,14,16,17). The molecular formula is C65H80N18O11S2. The van der Waals surface area contributed by atoms with Crippen LogP contribution in [0.1, 0.15) is 57.7 Å². The lowest BCUT2D eigenvalue weighted by atomic mass is 10.1. The summed E-state index contributed by atoms with van der Waals surface area (Å²) in [6.07, 6.45) is 5.73. The summed E-state index contributed by atoms with van der Waals surface area (Å²) in [5.74, 6) is 1.82. The third-order valence-corrected chi connectivity index (χ3v) is 19.5. The predicted molar refractivity (Wildman–Crippen MR) is 365 cm³/mol. The van der Waals surface area contributed by atoms with Crippen molar-refractivity contribution in [2.45, 2.75) is 66.1 Å². The number of carbonyl (C=O) groups excluding carboxylic acids is 3. The maximum absolute atomic E-state index is 13.2. The summed E-state index contributed by atoms with van der Waals surface area (Å²) in [4.78, 5) is 83.8. The van der Waals surface area contributed by atoms with Gasteiger partial charge in [0.1, 0.15) is 52.8 Å². The average Bonchev–Trinajstić information content (AvgIpc) is 1.60. The summed E-state index contributed by atoms with van der Waals surface area (Å²) in [7, 11) is 8.23. The number of nitrogens with two attached hydrogens (primary N) is 3. The number of methoxy groups -OCH3 is 5. The Balaban J connectivity index is 0.000000154. The van der Waals surface area contributed by atoms with Gasteiger partial charge in [0, 0.05) is 131 Å². The first-order chi connectivity index (χ1) is 46.4. The first kappa shape index (κ1) is 68.4. The second-order valence-corrected chi connectivity index (χ2v) is 26.0. The van der Waals surface area contributed by atoms with Gasteiger partial charge in [-0.05, 0) is 72.5 Å². The van der Waals surface area contributed by atoms with Crippen molar-refractivity contribution in [1.82, 2.24) is 73.6 Å². The smallest absolute Gasteiger partial charge is 0.317 e. The lowest BCUT2D eigenvalue weighted by Gasteiger charge is -2.38. The Bertz CT molecular complexity index is 4580. The van der Waals surface area contributed by atoms with Crippen LogP contribution in [0.2, 0.25) is 0 Å². The average molecular weight is 1350 g/mol. The van der Waals surface area contributed by atoms with Crippen LogP contribution in [0.4, 0.5) is 11.6 Å². The van der Waals surface area contributed by atoms with Crippen molar-refractivity contribution < 1.29 is 48.0 Å². The molecule has 0 saturated carbocycles. The number of hydrogen-bond acceptors (Lipinski definition) is 24. The van der Waals surface area contributed by atoms with E-state index >= 15 is 0 Å². The number of thiophene rings is 2. The number of nitrogens with zero attached hydrogens (tertiary/aromatic N) is 13. The van der Waals surface area contributed by atoms with Crippen molar-refractivity contribution in [3.05, 3.63) is 117 Å². The number of piperidine rings is 1. The van der Waals surface area contributed by atoms with Crippen molar-refractivity contribution in [3.63, 3.8) is 0 Å². The Morgan fingerprint density at radius 2 is 1.29 bits per heavy atom. The van der Waals surface area contributed by atoms with E-state index in [2.05, 4.69) is 75.4 Å². The molecule has 0 spiro atoms. The molecule has 9 N–H and O–H groups in total. The zero-order valence-corrected chi connectivity index (χ0v) is 56.4. The minimum atomic E-state index is -0.958. The number of ether oxygens (including phenoxy) is 5. The van der Waals surface area contributed by atoms with Crippen LogP contribution in [0.15, 0.2) is 66.2 Å². The number of carbonyl (C=O) groups is 4. The number of hydrogen-bond donors (Lipinski definition) is 6. The highest BCUT2D eigenvalue weighted by molar-refractivity contribution is 7.23. The van der Waals surface area contributed by atoms with Gasteiger partial charge in [-0.2, -0.15) is 15.3 Å². The van der Waals surface area contributed by atoms with Gasteiger partial charge < -0.3 is 61.2 Å². The van der Waals surface area contributed by atoms with E-state index in [9.17, 15) is 29.1 Å². The maximum Gasteiger partial charge on any atom is 0.317 e. The van der Waals surface area contributed by atoms with Gasteiger partial charge in [-0.15, -0.1) is 22.7 Å². The molecule has 31 heteroatoms. The number of aliphatic carboxylic acids is 1. The number of H-pyrrole nitrogens is 1. The van der Waals surface area contributed by atoms with Gasteiger partial charge in [0.2, 0.25) is 11.8 Å². The zero-order valence-electron chi connectivity index (χ0n) is 54.8. The number of fused-ring (bicyclic) bond motifs is 5. The van der Waals surface area contributed by atoms with Crippen molar-refractivity contribution in [3.8, 4) is 32.4 Å². The Morgan fingerprint density at radius 1 is 0.677 bits per heavy atom. The zero-order chi connectivity index (χ0) is 67.9. The van der Waals surface area contributed by atoms with Crippen molar-refractivity contribution in [2.24, 2.45) is 5.73 Å². The number of aromatic amines is 1. The summed E-state index contributed by atoms with van der Waals surface area (Å²) in [6.45, 7) is 12.2. The van der Waals surface area contributed by atoms with E-state index in [1.165, 1.54) is 30.3 Å². The highest BCUT2D eigenvalue weighted by atomic mass is 32.1. The van der Waals surface area contributed by atoms with Crippen LogP contribution in [-0.2, 0) is 72.8 Å². The van der Waals surface area contributed by atoms with E-state index in [0.29, 0.717) is 108 Å². The van der Waals surface area contributed by atoms with E-state index in [4.69, 9.17) is 40.9 Å². The fourth-order valence-corrected chi connectivity index (χ4v) is 15.3. The Labute approximate surface area is 560 Å². The van der Waals surface area contributed by atoms with Crippen LogP contribution in [0.3, 0.4) is 0 Å². The van der Waals surface area contributed by atoms with Crippen LogP contribution in [0.5, 0.6) is 11.5 Å². The molecule has 508 valence electrons. The Hall–Kier alpha value is -9.02. The van der Waals surface area contributed by atoms with Gasteiger partial charge in [-0.3, -0.25) is 43.6 Å². The van der Waals surface area contributed by atoms with Crippen molar-refractivity contribution >= 4 is 94.6 Å². The number of amides is 2. The van der Waals surface area contributed by atoms with Crippen molar-refractivity contribution in [1.29, 1.82) is 0 Å². The number of nitrogen functional groups attached to an aromatic ring is 2. The third-order valence-electron chi connectivity index (χ3n) is 17.1. The number of carboxylic acids is 1. The summed E-state index contributed by atoms with van der Waals surface area (Å²) in [5, 5.41) is 27.6. The highest BCUT2D eigenvalue weighted by Gasteiger charge is 2.32. The van der Waals surface area contributed by atoms with Gasteiger partial charge in [0.25, 0.3) is 5.56 Å². The number of rotatable bonds is 22. The summed E-state index contributed by atoms with van der Waals surface area (Å²) in [6, 6.07) is 14.4. The minimum Gasteiger partial charge on any atom is -0.495 e. The molecule has 0 unspecified atom stereocenters. The van der Waals surface area contributed by atoms with Crippen LogP contribution in [0, 0.1) is 13.8 Å². The van der Waals surface area contributed by atoms with E-state index in [-0.39, 0.29) is 49.4 Å². The Morgan fingerprint density at radius 3 is 1.91 bits per heavy atom. The number of benzene rings is 2. The van der Waals surface area contributed by atoms with Crippen LogP contribution in [0.25, 0.3) is 57.6 Å². The third kappa shape index (κ3) is 14.7. The molecule has 0 atom stereocenters. The molecule has 0 radical (unpaired) electrons. The first-order valence-corrected chi connectivity index (χ1v) is 32.9. The molecule has 0 aliphatic carbocycles. The second kappa shape index (κ2) is 30.4. The van der Waals surface area contributed by atoms with Gasteiger partial charge in [-0.25, -0.2) is 23.5 Å². The molecule has 3 aliphatic rings. The molecule has 0 bridgehead atoms. The molecule has 3 saturated heterocycles. The molecule has 11 heterocycles. The predicted octanol–water partition coefficient (Wildman–Crippen LogP) is 4.53. The highest BCUT2D eigenvalue weighted by Crippen LogP contribution is 2.46. The topological polar surface area (TPSA) is 351 Å². The molecule has 96 heavy (non-hydrogen) atoms. The largest absolute Gasteiger partial charge is 0.495 e. The minimum absolute atomic E-state index is 0.0459. The molecule has 29 nitrogen and oxygen atoms in total. The number of likely N-dealkylation sites (tertiary alicyclic amines) is 1. The van der Waals surface area contributed by atoms with Crippen LogP contribution >= 0.6 is 22.7 Å². The number of piperazine rings is 2. The maximum atomic E-state index is 13.2. The molecule has 2 aromatic carbocycles. The monoisotopic (exact) mass is 1350 g/mol. The number of aromatic nitrogens is 9. The van der Waals surface area contributed by atoms with Gasteiger partial charge >= 0.3 is 5.97 Å². The summed E-state index contributed by atoms with van der Waals surface area (Å²) < 4.78 is 35.0. The molecule has 3 fully saturated rings. The number of anilines is 2. The fraction of sp³-hybridized carbons (Fsp3) is 0.415. The van der Waals surface area contributed by atoms with E-state index < -0.39 is 5.97 Å². The van der Waals surface area contributed by atoms with Gasteiger partial charge in [0.15, 0.2) is 11.6 Å². The SMILES string of the molecule is COCc1c(-c2cc3cc(C)cc(OC)c3s2)c2c(=O)[nH]cnn2c1CN(CCN)CC(=O)O.COCc1c(-c2cc3cc(C)cc(OC)c3s2)c2c(N)ncnn2c1CN1CCN(CN2CCCC(=O)C2)C(=O)C1.COCc1cc2c(N)ncnn2c1CN1CCNC(=O)C1. The molecule has 13 rings (SSSR count). The summed E-state index contributed by atoms with van der Waals surface area (Å²) >= 11 is 3.17. The number of carboxylic acid groups (broad SMARTS) is 1. The molecule has 2 amide bonds. The lowest BCUT2D eigenvalue weighted by Crippen LogP contribution is -2.54. The fourth-order valence-electron chi connectivity index (χ4n) is 12.9. The number of Topliss-reactive ketones (excluding diaryl/α,β-unsaturated/α-hetero) is 1. The van der Waals surface area contributed by atoms with E-state index in [1.807, 2.05) is 40.6 Å². The van der Waals surface area contributed by atoms with Crippen LogP contribution < -0.4 is 37.6 Å². The number of aryl methyl sites for hydroxylation is 2. The number of nitrogens with one attached hydrogen (secondary N) is 2. The first-order valence-electron chi connectivity index (χ1n) is 31.3. The quantitative estimate of drug-likeness (QED) is 0.0543. The van der Waals surface area contributed by atoms with Crippen molar-refractivity contribution in [2.75, 3.05) is 126 Å². The number of ketones is 1. The Kier molecular flexibility index (Phi) is 21.6. The molecule has 8 aromatic heterocycles. The van der Waals surface area contributed by atoms with E-state index in [1.54, 1.807) is 60.8 Å². The summed E-state index contributed by atoms with van der Waals surface area (Å²) in [5.41, 5.74) is 28.9.